The lowest BCUT2D eigenvalue weighted by Crippen LogP contribution is -2.18. The van der Waals surface area contributed by atoms with Crippen molar-refractivity contribution < 1.29 is 9.59 Å². The summed E-state index contributed by atoms with van der Waals surface area (Å²) in [6.45, 7) is 0. The first-order valence-corrected chi connectivity index (χ1v) is 7.09. The zero-order valence-electron chi connectivity index (χ0n) is 4.49. The number of carbonyl (C=O) groups is 2. The second-order valence-corrected chi connectivity index (χ2v) is 1.47. The van der Waals surface area contributed by atoms with E-state index in [-0.39, 0.29) is 11.8 Å². The largest absolute Gasteiger partial charge is 0.296 e. The Bertz CT molecular complexity index is 114. The molecule has 1 rings (SSSR count). The van der Waals surface area contributed by atoms with Gasteiger partial charge in [0, 0.05) is 33.2 Å². The zero-order valence-corrected chi connectivity index (χ0v) is 8.23. The van der Waals surface area contributed by atoms with E-state index in [1.165, 1.54) is 0 Å². The highest BCUT2D eigenvalue weighted by Gasteiger charge is 2.15. The average Bonchev–Trinajstić information content (AvgIpc) is 2.20. The van der Waals surface area contributed by atoms with Gasteiger partial charge in [0.15, 0.2) is 0 Å². The number of rotatable bonds is 0. The molecule has 0 aromatic heterocycles. The number of halogens is 2. The summed E-state index contributed by atoms with van der Waals surface area (Å²) in [7, 11) is 0. The maximum atomic E-state index is 10.1. The summed E-state index contributed by atoms with van der Waals surface area (Å²) in [6.07, 6.45) is 0.748. The second kappa shape index (κ2) is 5.16. The summed E-state index contributed by atoms with van der Waals surface area (Å²) in [5.74, 6) is -0.296. The number of hydrogen-bond acceptors (Lipinski definition) is 2. The Labute approximate surface area is 72.5 Å². The van der Waals surface area contributed by atoms with Crippen LogP contribution in [-0.2, 0) is 9.59 Å². The fourth-order valence-corrected chi connectivity index (χ4v) is 0.508. The lowest BCUT2D eigenvalue weighted by Gasteiger charge is -1.79. The van der Waals surface area contributed by atoms with Gasteiger partial charge in [-0.15, -0.1) is 0 Å². The molecule has 1 saturated heterocycles. The molecule has 1 N–H and O–H groups in total. The molecule has 2 amide bonds. The summed E-state index contributed by atoms with van der Waals surface area (Å²) in [4.78, 5) is 20.2. The van der Waals surface area contributed by atoms with Crippen molar-refractivity contribution >= 4 is 44.9 Å². The highest BCUT2D eigenvalue weighted by Crippen LogP contribution is 1.95. The fraction of sp³-hybridized carbons (Fsp3) is 0.500. The molecule has 1 fully saturated rings. The van der Waals surface area contributed by atoms with Gasteiger partial charge in [0.1, 0.15) is 0 Å². The molecule has 0 aliphatic carbocycles. The van der Waals surface area contributed by atoms with E-state index in [4.69, 9.17) is 0 Å². The summed E-state index contributed by atoms with van der Waals surface area (Å²) < 4.78 is 0. The molecule has 0 aromatic rings. The summed E-state index contributed by atoms with van der Waals surface area (Å²) in [5.41, 5.74) is 0. The van der Waals surface area contributed by atoms with Gasteiger partial charge in [0.05, 0.1) is 0 Å². The van der Waals surface area contributed by atoms with Crippen molar-refractivity contribution in [3.63, 3.8) is 0 Å². The van der Waals surface area contributed by atoms with Crippen molar-refractivity contribution in [1.82, 2.24) is 5.32 Å². The van der Waals surface area contributed by atoms with Crippen LogP contribution in [0.25, 0.3) is 0 Å². The van der Waals surface area contributed by atoms with E-state index in [2.05, 4.69) is 18.0 Å². The maximum Gasteiger partial charge on any atom is 0.227 e. The standard InChI is InChI=1S/C4H5NO2.BrI/c6-3-1-2-4(7)5-3;1-2/h1-2H2,(H,5,6,7);. The molecular formula is C4H5BrINO2. The number of carbonyl (C=O) groups excluding carboxylic acids is 2. The van der Waals surface area contributed by atoms with Gasteiger partial charge in [0.25, 0.3) is 0 Å². The number of amides is 2. The quantitative estimate of drug-likeness (QED) is 0.539. The smallest absolute Gasteiger partial charge is 0.227 e. The molecule has 0 atom stereocenters. The Morgan fingerprint density at radius 3 is 1.67 bits per heavy atom. The molecule has 5 heteroatoms. The summed E-state index contributed by atoms with van der Waals surface area (Å²) in [5, 5.41) is 2.14. The average molecular weight is 306 g/mol. The Balaban J connectivity index is 0.000000291. The van der Waals surface area contributed by atoms with E-state index >= 15 is 0 Å². The van der Waals surface area contributed by atoms with E-state index in [0.717, 1.165) is 0 Å². The van der Waals surface area contributed by atoms with Crippen LogP contribution < -0.4 is 5.32 Å². The topological polar surface area (TPSA) is 46.2 Å². The Kier molecular flexibility index (Phi) is 5.36. The van der Waals surface area contributed by atoms with Gasteiger partial charge in [-0.1, -0.05) is 0 Å². The molecule has 1 heterocycles. The van der Waals surface area contributed by atoms with Gasteiger partial charge >= 0.3 is 0 Å². The first-order valence-electron chi connectivity index (χ1n) is 2.26. The Hall–Kier alpha value is 0.350. The van der Waals surface area contributed by atoms with Crippen LogP contribution >= 0.6 is 33.1 Å². The van der Waals surface area contributed by atoms with Crippen molar-refractivity contribution in [3.05, 3.63) is 0 Å². The van der Waals surface area contributed by atoms with Crippen molar-refractivity contribution in [1.29, 1.82) is 0 Å². The normalized spacial score (nSPS) is 16.2. The molecule has 0 aromatic carbocycles. The van der Waals surface area contributed by atoms with Gasteiger partial charge in [-0.05, 0) is 12.7 Å². The van der Waals surface area contributed by atoms with Gasteiger partial charge in [-0.3, -0.25) is 14.9 Å². The van der Waals surface area contributed by atoms with Crippen LogP contribution in [0.2, 0.25) is 0 Å². The van der Waals surface area contributed by atoms with Gasteiger partial charge in [-0.25, -0.2) is 0 Å². The molecule has 3 nitrogen and oxygen atoms in total. The van der Waals surface area contributed by atoms with Crippen LogP contribution in [0.1, 0.15) is 12.8 Å². The number of nitrogens with one attached hydrogen (secondary N) is 1. The second-order valence-electron chi connectivity index (χ2n) is 1.47. The van der Waals surface area contributed by atoms with Crippen molar-refractivity contribution in [3.8, 4) is 0 Å². The van der Waals surface area contributed by atoms with Crippen molar-refractivity contribution in [2.75, 3.05) is 0 Å². The molecule has 0 bridgehead atoms. The fourth-order valence-electron chi connectivity index (χ4n) is 0.508. The third-order valence-corrected chi connectivity index (χ3v) is 0.858. The minimum atomic E-state index is -0.148. The molecular weight excluding hydrogens is 301 g/mol. The SMILES string of the molecule is BrI.O=C1CCC(=O)N1. The Morgan fingerprint density at radius 1 is 1.22 bits per heavy atom. The molecule has 0 spiro atoms. The molecule has 1 aliphatic rings. The van der Waals surface area contributed by atoms with E-state index < -0.39 is 0 Å². The molecule has 0 radical (unpaired) electrons. The van der Waals surface area contributed by atoms with Crippen LogP contribution in [-0.4, -0.2) is 11.8 Å². The lowest BCUT2D eigenvalue weighted by atomic mass is 10.4. The third-order valence-electron chi connectivity index (χ3n) is 0.858. The molecule has 52 valence electrons. The van der Waals surface area contributed by atoms with Crippen LogP contribution in [0.3, 0.4) is 0 Å². The first-order chi connectivity index (χ1) is 4.29. The van der Waals surface area contributed by atoms with Gasteiger partial charge in [-0.2, -0.15) is 0 Å². The summed E-state index contributed by atoms with van der Waals surface area (Å²) in [6, 6.07) is 0. The van der Waals surface area contributed by atoms with Crippen LogP contribution in [0.5, 0.6) is 0 Å². The molecule has 0 unspecified atom stereocenters. The van der Waals surface area contributed by atoms with E-state index in [0.29, 0.717) is 12.8 Å². The zero-order chi connectivity index (χ0) is 7.28. The third kappa shape index (κ3) is 3.85. The van der Waals surface area contributed by atoms with Crippen LogP contribution in [0.15, 0.2) is 0 Å². The van der Waals surface area contributed by atoms with Crippen LogP contribution in [0, 0.1) is 0 Å². The van der Waals surface area contributed by atoms with Crippen molar-refractivity contribution in [2.24, 2.45) is 0 Å². The predicted molar refractivity (Wildman–Crippen MR) is 45.3 cm³/mol. The summed E-state index contributed by atoms with van der Waals surface area (Å²) >= 11 is 4.87. The minimum Gasteiger partial charge on any atom is -0.296 e. The van der Waals surface area contributed by atoms with Crippen molar-refractivity contribution in [2.45, 2.75) is 12.8 Å². The van der Waals surface area contributed by atoms with E-state index in [9.17, 15) is 9.59 Å². The molecule has 1 aliphatic heterocycles. The minimum absolute atomic E-state index is 0.148. The lowest BCUT2D eigenvalue weighted by molar-refractivity contribution is -0.124. The highest BCUT2D eigenvalue weighted by atomic mass is 127. The molecule has 9 heavy (non-hydrogen) atoms. The monoisotopic (exact) mass is 305 g/mol. The first kappa shape index (κ1) is 9.35. The predicted octanol–water partition coefficient (Wildman–Crippen LogP) is 1.15. The number of imide groups is 1. The number of hydrogen-bond donors (Lipinski definition) is 1. The molecule has 0 saturated carbocycles. The van der Waals surface area contributed by atoms with Gasteiger partial charge < -0.3 is 0 Å². The highest BCUT2D eigenvalue weighted by molar-refractivity contribution is 14.2. The Morgan fingerprint density at radius 2 is 1.56 bits per heavy atom. The van der Waals surface area contributed by atoms with Crippen LogP contribution in [0.4, 0.5) is 0 Å². The van der Waals surface area contributed by atoms with Gasteiger partial charge in [0.2, 0.25) is 11.8 Å². The van der Waals surface area contributed by atoms with E-state index in [1.54, 1.807) is 0 Å². The van der Waals surface area contributed by atoms with E-state index in [1.807, 2.05) is 20.4 Å². The maximum absolute atomic E-state index is 10.1.